The topological polar surface area (TPSA) is 54.6 Å². The molecule has 0 aliphatic heterocycles. The van der Waals surface area contributed by atoms with Crippen LogP contribution >= 0.6 is 0 Å². The first-order valence-electron chi connectivity index (χ1n) is 9.91. The molecule has 0 saturated heterocycles. The zero-order chi connectivity index (χ0) is 20.8. The van der Waals surface area contributed by atoms with Crippen LogP contribution in [0.25, 0.3) is 0 Å². The van der Waals surface area contributed by atoms with Crippen molar-refractivity contribution in [2.45, 2.75) is 51.0 Å². The van der Waals surface area contributed by atoms with Gasteiger partial charge in [0.15, 0.2) is 8.32 Å². The lowest BCUT2D eigenvalue weighted by atomic mass is 9.96. The maximum atomic E-state index is 10.0. The van der Waals surface area contributed by atoms with Crippen molar-refractivity contribution >= 4 is 8.32 Å². The summed E-state index contributed by atoms with van der Waals surface area (Å²) in [4.78, 5) is 0. The molecule has 28 heavy (non-hydrogen) atoms. The van der Waals surface area contributed by atoms with Crippen molar-refractivity contribution in [3.05, 3.63) is 72.7 Å². The highest BCUT2D eigenvalue weighted by molar-refractivity contribution is 6.74. The number of nitrogens with one attached hydrogen (secondary N) is 1. The highest BCUT2D eigenvalue weighted by Gasteiger charge is 2.38. The predicted molar refractivity (Wildman–Crippen MR) is 118 cm³/mol. The van der Waals surface area contributed by atoms with Crippen LogP contribution in [0, 0.1) is 5.92 Å². The summed E-state index contributed by atoms with van der Waals surface area (Å²) in [6, 6.07) is 13.5. The van der Waals surface area contributed by atoms with Gasteiger partial charge in [-0.2, -0.15) is 0 Å². The molecule has 5 heteroatoms. The van der Waals surface area contributed by atoms with Crippen LogP contribution < -0.4 is 5.32 Å². The number of benzene rings is 1. The van der Waals surface area contributed by atoms with Gasteiger partial charge in [0.25, 0.3) is 0 Å². The van der Waals surface area contributed by atoms with E-state index in [9.17, 15) is 5.11 Å². The molecule has 0 fully saturated rings. The molecule has 1 heterocycles. The van der Waals surface area contributed by atoms with E-state index in [0.29, 0.717) is 6.61 Å². The lowest BCUT2D eigenvalue weighted by Crippen LogP contribution is -2.43. The third kappa shape index (κ3) is 5.67. The maximum absolute atomic E-state index is 10.0. The molecule has 154 valence electrons. The first-order valence-corrected chi connectivity index (χ1v) is 12.8. The van der Waals surface area contributed by atoms with Crippen LogP contribution in [-0.4, -0.2) is 26.6 Å². The molecular formula is C23H35NO3Si. The smallest absolute Gasteiger partial charge is 0.192 e. The van der Waals surface area contributed by atoms with Gasteiger partial charge < -0.3 is 13.9 Å². The number of hydrogen-bond acceptors (Lipinski definition) is 4. The Morgan fingerprint density at radius 2 is 1.86 bits per heavy atom. The van der Waals surface area contributed by atoms with E-state index in [1.807, 2.05) is 48.5 Å². The van der Waals surface area contributed by atoms with E-state index in [0.717, 1.165) is 11.3 Å². The summed E-state index contributed by atoms with van der Waals surface area (Å²) in [7, 11) is -1.88. The summed E-state index contributed by atoms with van der Waals surface area (Å²) >= 11 is 0. The molecule has 2 N–H and O–H groups in total. The summed E-state index contributed by atoms with van der Waals surface area (Å²) in [5.74, 6) is 0.830. The molecule has 0 spiro atoms. The molecule has 0 radical (unpaired) electrons. The first-order chi connectivity index (χ1) is 13.2. The van der Waals surface area contributed by atoms with Crippen LogP contribution in [0.15, 0.2) is 65.8 Å². The molecule has 2 rings (SSSR count). The molecule has 0 amide bonds. The normalized spacial score (nSPS) is 15.8. The van der Waals surface area contributed by atoms with Crippen LogP contribution in [0.3, 0.4) is 0 Å². The van der Waals surface area contributed by atoms with E-state index in [1.54, 1.807) is 6.26 Å². The SMILES string of the molecule is C=C[C@H](CO[Si](C)(C)C(C)(C)C)[C@@H](N[C@@H](CO)c1ccccc1)c1ccco1. The lowest BCUT2D eigenvalue weighted by molar-refractivity contribution is 0.178. The molecule has 0 unspecified atom stereocenters. The highest BCUT2D eigenvalue weighted by atomic mass is 28.4. The van der Waals surface area contributed by atoms with Gasteiger partial charge in [-0.05, 0) is 35.8 Å². The number of hydrogen-bond donors (Lipinski definition) is 2. The molecular weight excluding hydrogens is 366 g/mol. The number of aliphatic hydroxyl groups excluding tert-OH is 1. The van der Waals surface area contributed by atoms with Crippen LogP contribution in [0.4, 0.5) is 0 Å². The Labute approximate surface area is 170 Å². The summed E-state index contributed by atoms with van der Waals surface area (Å²) < 4.78 is 12.2. The third-order valence-corrected chi connectivity index (χ3v) is 10.3. The molecule has 1 aromatic carbocycles. The van der Waals surface area contributed by atoms with E-state index >= 15 is 0 Å². The largest absolute Gasteiger partial charge is 0.468 e. The van der Waals surface area contributed by atoms with Crippen molar-refractivity contribution in [2.24, 2.45) is 5.92 Å². The second kappa shape index (κ2) is 9.70. The van der Waals surface area contributed by atoms with Crippen LogP contribution in [0.1, 0.15) is 44.2 Å². The fourth-order valence-corrected chi connectivity index (χ4v) is 3.90. The third-order valence-electron chi connectivity index (χ3n) is 5.79. The first kappa shape index (κ1) is 22.6. The Bertz CT molecular complexity index is 707. The average Bonchev–Trinajstić information content (AvgIpc) is 3.18. The van der Waals surface area contributed by atoms with Crippen molar-refractivity contribution in [2.75, 3.05) is 13.2 Å². The summed E-state index contributed by atoms with van der Waals surface area (Å²) in [6.07, 6.45) is 3.60. The molecule has 0 saturated carbocycles. The van der Waals surface area contributed by atoms with Gasteiger partial charge in [0.1, 0.15) is 5.76 Å². The van der Waals surface area contributed by atoms with Gasteiger partial charge in [-0.25, -0.2) is 0 Å². The minimum atomic E-state index is -1.88. The summed E-state index contributed by atoms with van der Waals surface area (Å²) in [6.45, 7) is 15.8. The zero-order valence-corrected chi connectivity index (χ0v) is 18.8. The summed E-state index contributed by atoms with van der Waals surface area (Å²) in [5, 5.41) is 13.7. The Morgan fingerprint density at radius 3 is 2.36 bits per heavy atom. The second-order valence-corrected chi connectivity index (χ2v) is 13.6. The minimum Gasteiger partial charge on any atom is -0.468 e. The van der Waals surface area contributed by atoms with Crippen LogP contribution in [0.2, 0.25) is 18.1 Å². The standard InChI is InChI=1S/C23H35NO3Si/c1-7-18(17-27-28(5,6)23(2,3)4)22(21-14-11-15-26-21)24-20(16-25)19-12-9-8-10-13-19/h7-15,18,20,22,24-25H,1,16-17H2,2-6H3/t18-,20+,22-/m1/s1. The molecule has 0 aliphatic rings. The van der Waals surface area contributed by atoms with Gasteiger partial charge in [-0.1, -0.05) is 57.2 Å². The van der Waals surface area contributed by atoms with Gasteiger partial charge in [0, 0.05) is 12.5 Å². The van der Waals surface area contributed by atoms with Crippen LogP contribution in [-0.2, 0) is 4.43 Å². The van der Waals surface area contributed by atoms with Crippen molar-refractivity contribution in [1.29, 1.82) is 0 Å². The second-order valence-electron chi connectivity index (χ2n) is 8.78. The van der Waals surface area contributed by atoms with E-state index in [4.69, 9.17) is 8.84 Å². The summed E-state index contributed by atoms with van der Waals surface area (Å²) in [5.41, 5.74) is 1.04. The quantitative estimate of drug-likeness (QED) is 0.409. The Kier molecular flexibility index (Phi) is 7.84. The Balaban J connectivity index is 2.23. The van der Waals surface area contributed by atoms with Crippen molar-refractivity contribution in [3.8, 4) is 0 Å². The van der Waals surface area contributed by atoms with Gasteiger partial charge >= 0.3 is 0 Å². The van der Waals surface area contributed by atoms with E-state index in [-0.39, 0.29) is 29.6 Å². The van der Waals surface area contributed by atoms with E-state index in [2.05, 4.69) is 45.8 Å². The molecule has 2 aromatic rings. The Hall–Kier alpha value is -1.66. The minimum absolute atomic E-state index is 0.00578. The Morgan fingerprint density at radius 1 is 1.18 bits per heavy atom. The van der Waals surface area contributed by atoms with Crippen molar-refractivity contribution < 1.29 is 13.9 Å². The molecule has 4 nitrogen and oxygen atoms in total. The number of rotatable bonds is 10. The van der Waals surface area contributed by atoms with Gasteiger partial charge in [-0.3, -0.25) is 5.32 Å². The molecule has 1 aromatic heterocycles. The van der Waals surface area contributed by atoms with Gasteiger partial charge in [-0.15, -0.1) is 6.58 Å². The molecule has 0 aliphatic carbocycles. The monoisotopic (exact) mass is 401 g/mol. The molecule has 3 atom stereocenters. The number of furan rings is 1. The predicted octanol–water partition coefficient (Wildman–Crippen LogP) is 5.47. The van der Waals surface area contributed by atoms with Gasteiger partial charge in [0.2, 0.25) is 0 Å². The fourth-order valence-electron chi connectivity index (χ4n) is 2.86. The maximum Gasteiger partial charge on any atom is 0.192 e. The average molecular weight is 402 g/mol. The highest BCUT2D eigenvalue weighted by Crippen LogP contribution is 2.38. The fraction of sp³-hybridized carbons (Fsp3) is 0.478. The van der Waals surface area contributed by atoms with Crippen molar-refractivity contribution in [1.82, 2.24) is 5.32 Å². The molecule has 0 bridgehead atoms. The van der Waals surface area contributed by atoms with Crippen molar-refractivity contribution in [3.63, 3.8) is 0 Å². The van der Waals surface area contributed by atoms with Gasteiger partial charge in [0.05, 0.1) is 25.0 Å². The number of aliphatic hydroxyl groups is 1. The van der Waals surface area contributed by atoms with Crippen LogP contribution in [0.5, 0.6) is 0 Å². The zero-order valence-electron chi connectivity index (χ0n) is 17.8. The van der Waals surface area contributed by atoms with E-state index < -0.39 is 8.32 Å². The van der Waals surface area contributed by atoms with E-state index in [1.165, 1.54) is 0 Å². The lowest BCUT2D eigenvalue weighted by Gasteiger charge is -2.38.